The lowest BCUT2D eigenvalue weighted by atomic mass is 9.76. The Hall–Kier alpha value is -0.510. The maximum absolute atomic E-state index is 12.5. The first-order valence-electron chi connectivity index (χ1n) is 4.34. The van der Waals surface area contributed by atoms with Gasteiger partial charge in [0.2, 0.25) is 0 Å². The molecule has 0 spiro atoms. The molecule has 0 aromatic carbocycles. The van der Waals surface area contributed by atoms with Crippen LogP contribution in [0.5, 0.6) is 0 Å². The quantitative estimate of drug-likeness (QED) is 0.636. The zero-order valence-electron chi connectivity index (χ0n) is 7.62. The van der Waals surface area contributed by atoms with Crippen molar-refractivity contribution in [1.82, 2.24) is 0 Å². The summed E-state index contributed by atoms with van der Waals surface area (Å²) in [7, 11) is 0. The number of alkyl halides is 3. The fraction of sp³-hybridized carbons (Fsp3) is 0.778. The van der Waals surface area contributed by atoms with Crippen molar-refractivity contribution in [2.75, 3.05) is 6.54 Å². The lowest BCUT2D eigenvalue weighted by molar-refractivity contribution is -0.220. The minimum atomic E-state index is -4.09. The second-order valence-electron chi connectivity index (χ2n) is 3.83. The molecule has 0 aliphatic heterocycles. The number of hydrogen-bond acceptors (Lipinski definition) is 1. The standard InChI is InChI=1S/C9H14F3N/c1-8(9(10,11)12)4-2-7(6-13)3-5-8/h2H,3-6,13H2,1H3. The number of hydrogen-bond donors (Lipinski definition) is 1. The molecule has 0 saturated carbocycles. The van der Waals surface area contributed by atoms with Crippen molar-refractivity contribution in [1.29, 1.82) is 0 Å². The fourth-order valence-electron chi connectivity index (χ4n) is 1.45. The first-order valence-corrected chi connectivity index (χ1v) is 4.34. The molecule has 1 aliphatic carbocycles. The highest BCUT2D eigenvalue weighted by molar-refractivity contribution is 5.11. The van der Waals surface area contributed by atoms with Gasteiger partial charge in [-0.15, -0.1) is 0 Å². The van der Waals surface area contributed by atoms with Crippen LogP contribution in [0.3, 0.4) is 0 Å². The number of halogens is 3. The minimum Gasteiger partial charge on any atom is -0.327 e. The third-order valence-electron chi connectivity index (χ3n) is 2.79. The van der Waals surface area contributed by atoms with Gasteiger partial charge < -0.3 is 5.73 Å². The molecule has 1 nitrogen and oxygen atoms in total. The van der Waals surface area contributed by atoms with E-state index in [2.05, 4.69) is 0 Å². The van der Waals surface area contributed by atoms with Crippen molar-refractivity contribution in [2.45, 2.75) is 32.4 Å². The maximum Gasteiger partial charge on any atom is 0.394 e. The molecule has 1 unspecified atom stereocenters. The zero-order valence-corrected chi connectivity index (χ0v) is 7.62. The van der Waals surface area contributed by atoms with Crippen molar-refractivity contribution < 1.29 is 13.2 Å². The molecule has 0 radical (unpaired) electrons. The van der Waals surface area contributed by atoms with Gasteiger partial charge in [0.15, 0.2) is 0 Å². The van der Waals surface area contributed by atoms with Gasteiger partial charge in [-0.25, -0.2) is 0 Å². The van der Waals surface area contributed by atoms with Crippen LogP contribution >= 0.6 is 0 Å². The van der Waals surface area contributed by atoms with Crippen LogP contribution in [0.1, 0.15) is 26.2 Å². The van der Waals surface area contributed by atoms with Crippen LogP contribution in [0.25, 0.3) is 0 Å². The highest BCUT2D eigenvalue weighted by atomic mass is 19.4. The van der Waals surface area contributed by atoms with Crippen LogP contribution in [0, 0.1) is 5.41 Å². The first kappa shape index (κ1) is 10.6. The molecule has 0 fully saturated rings. The summed E-state index contributed by atoms with van der Waals surface area (Å²) in [6.07, 6.45) is -1.74. The van der Waals surface area contributed by atoms with Crippen molar-refractivity contribution in [3.05, 3.63) is 11.6 Å². The molecule has 0 bridgehead atoms. The van der Waals surface area contributed by atoms with E-state index in [4.69, 9.17) is 5.73 Å². The molecule has 1 aliphatic rings. The van der Waals surface area contributed by atoms with Crippen LogP contribution in [0.15, 0.2) is 11.6 Å². The minimum absolute atomic E-state index is 0.0725. The Morgan fingerprint density at radius 3 is 2.46 bits per heavy atom. The van der Waals surface area contributed by atoms with E-state index in [-0.39, 0.29) is 12.8 Å². The van der Waals surface area contributed by atoms with Gasteiger partial charge in [-0.1, -0.05) is 18.6 Å². The predicted octanol–water partition coefficient (Wildman–Crippen LogP) is 2.62. The van der Waals surface area contributed by atoms with Gasteiger partial charge in [-0.3, -0.25) is 0 Å². The predicted molar refractivity (Wildman–Crippen MR) is 45.2 cm³/mol. The third-order valence-corrected chi connectivity index (χ3v) is 2.79. The van der Waals surface area contributed by atoms with Crippen LogP contribution < -0.4 is 5.73 Å². The smallest absolute Gasteiger partial charge is 0.327 e. The van der Waals surface area contributed by atoms with Crippen LogP contribution in [-0.4, -0.2) is 12.7 Å². The monoisotopic (exact) mass is 193 g/mol. The molecule has 76 valence electrons. The molecule has 2 N–H and O–H groups in total. The largest absolute Gasteiger partial charge is 0.394 e. The molecule has 4 heteroatoms. The number of rotatable bonds is 1. The summed E-state index contributed by atoms with van der Waals surface area (Å²) < 4.78 is 37.5. The van der Waals surface area contributed by atoms with Crippen molar-refractivity contribution in [2.24, 2.45) is 11.1 Å². The average molecular weight is 193 g/mol. The molecular weight excluding hydrogens is 179 g/mol. The Kier molecular flexibility index (Phi) is 2.71. The lowest BCUT2D eigenvalue weighted by Gasteiger charge is -2.34. The summed E-state index contributed by atoms with van der Waals surface area (Å²) in [5.74, 6) is 0. The SMILES string of the molecule is CC1(C(F)(F)F)CC=C(CN)CC1. The Labute approximate surface area is 75.8 Å². The van der Waals surface area contributed by atoms with Crippen molar-refractivity contribution in [3.63, 3.8) is 0 Å². The number of allylic oxidation sites excluding steroid dienone is 1. The van der Waals surface area contributed by atoms with E-state index in [9.17, 15) is 13.2 Å². The van der Waals surface area contributed by atoms with Gasteiger partial charge in [-0.05, 0) is 19.3 Å². The van der Waals surface area contributed by atoms with E-state index < -0.39 is 11.6 Å². The topological polar surface area (TPSA) is 26.0 Å². The summed E-state index contributed by atoms with van der Waals surface area (Å²) in [6, 6.07) is 0. The van der Waals surface area contributed by atoms with Gasteiger partial charge >= 0.3 is 6.18 Å². The second-order valence-corrected chi connectivity index (χ2v) is 3.83. The van der Waals surface area contributed by atoms with E-state index in [1.807, 2.05) is 0 Å². The average Bonchev–Trinajstić information content (AvgIpc) is 2.04. The fourth-order valence-corrected chi connectivity index (χ4v) is 1.45. The van der Waals surface area contributed by atoms with Gasteiger partial charge in [0.1, 0.15) is 0 Å². The van der Waals surface area contributed by atoms with Crippen molar-refractivity contribution in [3.8, 4) is 0 Å². The Morgan fingerprint density at radius 2 is 2.15 bits per heavy atom. The highest BCUT2D eigenvalue weighted by Gasteiger charge is 2.50. The molecule has 0 saturated heterocycles. The van der Waals surface area contributed by atoms with E-state index in [1.165, 1.54) is 6.92 Å². The molecule has 0 heterocycles. The Balaban J connectivity index is 2.73. The van der Waals surface area contributed by atoms with Gasteiger partial charge in [0.25, 0.3) is 0 Å². The van der Waals surface area contributed by atoms with Gasteiger partial charge in [0, 0.05) is 6.54 Å². The molecule has 13 heavy (non-hydrogen) atoms. The lowest BCUT2D eigenvalue weighted by Crippen LogP contribution is -2.36. The summed E-state index contributed by atoms with van der Waals surface area (Å²) >= 11 is 0. The molecule has 1 atom stereocenters. The summed E-state index contributed by atoms with van der Waals surface area (Å²) in [4.78, 5) is 0. The van der Waals surface area contributed by atoms with E-state index in [0.717, 1.165) is 5.57 Å². The van der Waals surface area contributed by atoms with Crippen molar-refractivity contribution >= 4 is 0 Å². The van der Waals surface area contributed by atoms with Gasteiger partial charge in [-0.2, -0.15) is 13.2 Å². The van der Waals surface area contributed by atoms with E-state index >= 15 is 0 Å². The molecule has 0 aromatic rings. The van der Waals surface area contributed by atoms with Gasteiger partial charge in [0.05, 0.1) is 5.41 Å². The van der Waals surface area contributed by atoms with E-state index in [0.29, 0.717) is 13.0 Å². The van der Waals surface area contributed by atoms with Crippen LogP contribution in [0.4, 0.5) is 13.2 Å². The normalized spacial score (nSPS) is 30.1. The summed E-state index contributed by atoms with van der Waals surface area (Å²) in [5.41, 5.74) is 4.76. The molecule has 0 aromatic heterocycles. The molecular formula is C9H14F3N. The summed E-state index contributed by atoms with van der Waals surface area (Å²) in [6.45, 7) is 1.66. The maximum atomic E-state index is 12.5. The number of nitrogens with two attached hydrogens (primary N) is 1. The van der Waals surface area contributed by atoms with E-state index in [1.54, 1.807) is 6.08 Å². The zero-order chi connectivity index (χ0) is 10.1. The molecule has 0 amide bonds. The molecule has 1 rings (SSSR count). The Morgan fingerprint density at radius 1 is 1.54 bits per heavy atom. The Bertz CT molecular complexity index is 219. The highest BCUT2D eigenvalue weighted by Crippen LogP contribution is 2.47. The first-order chi connectivity index (χ1) is 5.89. The third kappa shape index (κ3) is 2.05. The van der Waals surface area contributed by atoms with Crippen LogP contribution in [0.2, 0.25) is 0 Å². The van der Waals surface area contributed by atoms with Crippen LogP contribution in [-0.2, 0) is 0 Å². The second kappa shape index (κ2) is 3.33. The summed E-state index contributed by atoms with van der Waals surface area (Å²) in [5, 5.41) is 0.